The summed E-state index contributed by atoms with van der Waals surface area (Å²) >= 11 is 0. The topological polar surface area (TPSA) is 50.1 Å². The fourth-order valence-corrected chi connectivity index (χ4v) is 1.59. The van der Waals surface area contributed by atoms with Crippen molar-refractivity contribution in [2.75, 3.05) is 6.61 Å². The molecule has 0 aliphatic heterocycles. The summed E-state index contributed by atoms with van der Waals surface area (Å²) in [7, 11) is 0. The van der Waals surface area contributed by atoms with Crippen molar-refractivity contribution in [2.24, 2.45) is 0 Å². The van der Waals surface area contributed by atoms with Gasteiger partial charge >= 0.3 is 5.97 Å². The third kappa shape index (κ3) is 4.26. The minimum absolute atomic E-state index is 0.0189. The van der Waals surface area contributed by atoms with Gasteiger partial charge in [0.15, 0.2) is 0 Å². The Kier molecular flexibility index (Phi) is 4.88. The molecule has 0 amide bonds. The molecule has 0 heterocycles. The number of nitrogens with zero attached hydrogens (tertiary/aromatic N) is 1. The van der Waals surface area contributed by atoms with Crippen molar-refractivity contribution in [1.82, 2.24) is 0 Å². The van der Waals surface area contributed by atoms with Gasteiger partial charge < -0.3 is 4.74 Å². The molecule has 3 heteroatoms. The molecular formula is C16H19NO2. The number of carbonyl (C=O) groups is 1. The van der Waals surface area contributed by atoms with E-state index in [1.807, 2.05) is 30.3 Å². The average Bonchev–Trinajstić information content (AvgIpc) is 2.35. The van der Waals surface area contributed by atoms with Crippen LogP contribution >= 0.6 is 0 Å². The lowest BCUT2D eigenvalue weighted by molar-refractivity contribution is -0.137. The second-order valence-corrected chi connectivity index (χ2v) is 5.26. The monoisotopic (exact) mass is 257 g/mol. The second kappa shape index (κ2) is 6.19. The number of rotatable bonds is 3. The molecule has 0 aliphatic carbocycles. The Bertz CT molecular complexity index is 513. The molecule has 0 bridgehead atoms. The highest BCUT2D eigenvalue weighted by molar-refractivity contribution is 5.97. The first-order valence-corrected chi connectivity index (χ1v) is 6.28. The molecule has 0 fully saturated rings. The molecule has 100 valence electrons. The number of nitriles is 1. The number of hydrogen-bond acceptors (Lipinski definition) is 3. The van der Waals surface area contributed by atoms with Gasteiger partial charge in [-0.25, -0.2) is 4.79 Å². The van der Waals surface area contributed by atoms with Gasteiger partial charge in [-0.3, -0.25) is 0 Å². The smallest absolute Gasteiger partial charge is 0.348 e. The zero-order valence-corrected chi connectivity index (χ0v) is 11.9. The van der Waals surface area contributed by atoms with Gasteiger partial charge in [-0.05, 0) is 29.5 Å². The number of hydrogen-bond donors (Lipinski definition) is 0. The van der Waals surface area contributed by atoms with E-state index in [0.717, 1.165) is 5.56 Å². The van der Waals surface area contributed by atoms with Crippen LogP contribution in [0.3, 0.4) is 0 Å². The average molecular weight is 257 g/mol. The molecular weight excluding hydrogens is 238 g/mol. The maximum Gasteiger partial charge on any atom is 0.348 e. The van der Waals surface area contributed by atoms with Crippen molar-refractivity contribution in [3.63, 3.8) is 0 Å². The highest BCUT2D eigenvalue weighted by Crippen LogP contribution is 2.22. The molecule has 1 aromatic rings. The molecule has 0 unspecified atom stereocenters. The first-order valence-electron chi connectivity index (χ1n) is 6.28. The highest BCUT2D eigenvalue weighted by atomic mass is 16.5. The molecule has 1 rings (SSSR count). The van der Waals surface area contributed by atoms with Crippen LogP contribution in [-0.4, -0.2) is 12.6 Å². The molecule has 0 radical (unpaired) electrons. The number of ether oxygens (including phenoxy) is 1. The zero-order chi connectivity index (χ0) is 14.5. The van der Waals surface area contributed by atoms with Crippen molar-refractivity contribution in [1.29, 1.82) is 5.26 Å². The van der Waals surface area contributed by atoms with Crippen molar-refractivity contribution in [3.8, 4) is 6.07 Å². The van der Waals surface area contributed by atoms with Crippen LogP contribution in [0.4, 0.5) is 0 Å². The number of benzene rings is 1. The molecule has 0 atom stereocenters. The van der Waals surface area contributed by atoms with Gasteiger partial charge in [0.2, 0.25) is 0 Å². The lowest BCUT2D eigenvalue weighted by atomic mass is 9.86. The third-order valence-corrected chi connectivity index (χ3v) is 2.70. The van der Waals surface area contributed by atoms with E-state index >= 15 is 0 Å². The predicted molar refractivity (Wildman–Crippen MR) is 75.4 cm³/mol. The van der Waals surface area contributed by atoms with E-state index in [2.05, 4.69) is 20.8 Å². The molecule has 0 spiro atoms. The molecule has 3 nitrogen and oxygen atoms in total. The largest absolute Gasteiger partial charge is 0.462 e. The van der Waals surface area contributed by atoms with Gasteiger partial charge in [-0.2, -0.15) is 5.26 Å². The summed E-state index contributed by atoms with van der Waals surface area (Å²) in [6.07, 6.45) is 1.55. The summed E-state index contributed by atoms with van der Waals surface area (Å²) in [5, 5.41) is 8.95. The third-order valence-electron chi connectivity index (χ3n) is 2.70. The Hall–Kier alpha value is -2.08. The summed E-state index contributed by atoms with van der Waals surface area (Å²) in [6.45, 7) is 8.39. The fourth-order valence-electron chi connectivity index (χ4n) is 1.59. The van der Waals surface area contributed by atoms with Crippen LogP contribution in [0, 0.1) is 11.3 Å². The minimum atomic E-state index is -0.579. The van der Waals surface area contributed by atoms with Crippen molar-refractivity contribution >= 4 is 12.0 Å². The SMILES string of the molecule is CCOC(=O)C(C#N)=Cc1ccc(C(C)(C)C)cc1. The van der Waals surface area contributed by atoms with Gasteiger partial charge in [0.1, 0.15) is 11.6 Å². The summed E-state index contributed by atoms with van der Waals surface area (Å²) in [5.74, 6) is -0.579. The van der Waals surface area contributed by atoms with Crippen LogP contribution in [-0.2, 0) is 14.9 Å². The molecule has 19 heavy (non-hydrogen) atoms. The lowest BCUT2D eigenvalue weighted by Crippen LogP contribution is -2.10. The van der Waals surface area contributed by atoms with Gasteiger partial charge in [0, 0.05) is 0 Å². The van der Waals surface area contributed by atoms with Crippen molar-refractivity contribution in [2.45, 2.75) is 33.1 Å². The second-order valence-electron chi connectivity index (χ2n) is 5.26. The first-order chi connectivity index (χ1) is 8.88. The van der Waals surface area contributed by atoms with Crippen LogP contribution in [0.5, 0.6) is 0 Å². The maximum absolute atomic E-state index is 11.5. The van der Waals surface area contributed by atoms with E-state index in [0.29, 0.717) is 0 Å². The van der Waals surface area contributed by atoms with Gasteiger partial charge in [-0.15, -0.1) is 0 Å². The summed E-state index contributed by atoms with van der Waals surface area (Å²) in [4.78, 5) is 11.5. The summed E-state index contributed by atoms with van der Waals surface area (Å²) in [5.41, 5.74) is 2.13. The quantitative estimate of drug-likeness (QED) is 0.473. The van der Waals surface area contributed by atoms with E-state index in [-0.39, 0.29) is 17.6 Å². The molecule has 0 aliphatic rings. The Balaban J connectivity index is 2.98. The van der Waals surface area contributed by atoms with Gasteiger partial charge in [-0.1, -0.05) is 45.0 Å². The Labute approximate surface area is 114 Å². The van der Waals surface area contributed by atoms with Crippen LogP contribution in [0.25, 0.3) is 6.08 Å². The van der Waals surface area contributed by atoms with Crippen molar-refractivity contribution in [3.05, 3.63) is 41.0 Å². The number of esters is 1. The van der Waals surface area contributed by atoms with E-state index < -0.39 is 5.97 Å². The predicted octanol–water partition coefficient (Wildman–Crippen LogP) is 3.45. The van der Waals surface area contributed by atoms with E-state index in [9.17, 15) is 4.79 Å². The number of carbonyl (C=O) groups excluding carboxylic acids is 1. The van der Waals surface area contributed by atoms with E-state index in [1.165, 1.54) is 5.56 Å². The highest BCUT2D eigenvalue weighted by Gasteiger charge is 2.13. The van der Waals surface area contributed by atoms with Crippen LogP contribution in [0.2, 0.25) is 0 Å². The van der Waals surface area contributed by atoms with Crippen molar-refractivity contribution < 1.29 is 9.53 Å². The Morgan fingerprint density at radius 1 is 1.32 bits per heavy atom. The van der Waals surface area contributed by atoms with Gasteiger partial charge in [0.25, 0.3) is 0 Å². The van der Waals surface area contributed by atoms with E-state index in [1.54, 1.807) is 13.0 Å². The first kappa shape index (κ1) is 15.0. The standard InChI is InChI=1S/C16H19NO2/c1-5-19-15(18)13(11-17)10-12-6-8-14(9-7-12)16(2,3)4/h6-10H,5H2,1-4H3. The molecule has 0 N–H and O–H groups in total. The van der Waals surface area contributed by atoms with Crippen LogP contribution < -0.4 is 0 Å². The lowest BCUT2D eigenvalue weighted by Gasteiger charge is -2.18. The van der Waals surface area contributed by atoms with E-state index in [4.69, 9.17) is 10.00 Å². The fraction of sp³-hybridized carbons (Fsp3) is 0.375. The summed E-state index contributed by atoms with van der Waals surface area (Å²) in [6, 6.07) is 9.68. The van der Waals surface area contributed by atoms with Crippen LogP contribution in [0.15, 0.2) is 29.8 Å². The normalized spacial score (nSPS) is 11.8. The molecule has 1 aromatic carbocycles. The molecule has 0 saturated carbocycles. The minimum Gasteiger partial charge on any atom is -0.462 e. The Morgan fingerprint density at radius 2 is 1.89 bits per heavy atom. The zero-order valence-electron chi connectivity index (χ0n) is 11.9. The maximum atomic E-state index is 11.5. The summed E-state index contributed by atoms with van der Waals surface area (Å²) < 4.78 is 4.82. The molecule has 0 saturated heterocycles. The molecule has 0 aromatic heterocycles. The van der Waals surface area contributed by atoms with Gasteiger partial charge in [0.05, 0.1) is 6.61 Å². The Morgan fingerprint density at radius 3 is 2.32 bits per heavy atom. The van der Waals surface area contributed by atoms with Crippen LogP contribution in [0.1, 0.15) is 38.8 Å².